The fourth-order valence-corrected chi connectivity index (χ4v) is 19.1. The van der Waals surface area contributed by atoms with Crippen LogP contribution in [0.15, 0.2) is 78.6 Å². The normalized spacial score (nSPS) is 33.9. The van der Waals surface area contributed by atoms with E-state index in [1.54, 1.807) is 0 Å². The van der Waals surface area contributed by atoms with Crippen LogP contribution in [0.3, 0.4) is 0 Å². The van der Waals surface area contributed by atoms with Crippen molar-refractivity contribution in [3.05, 3.63) is 101 Å². The van der Waals surface area contributed by atoms with Crippen molar-refractivity contribution in [1.29, 1.82) is 0 Å². The van der Waals surface area contributed by atoms with Gasteiger partial charge in [0.1, 0.15) is 23.7 Å². The van der Waals surface area contributed by atoms with Crippen molar-refractivity contribution in [3.63, 3.8) is 0 Å². The summed E-state index contributed by atoms with van der Waals surface area (Å²) in [5, 5.41) is 2.31. The van der Waals surface area contributed by atoms with Crippen molar-refractivity contribution in [2.75, 3.05) is 39.6 Å². The molecule has 4 heterocycles. The highest BCUT2D eigenvalue weighted by molar-refractivity contribution is 9.11. The van der Waals surface area contributed by atoms with E-state index in [0.717, 1.165) is 118 Å². The zero-order valence-electron chi connectivity index (χ0n) is 44.7. The van der Waals surface area contributed by atoms with Crippen LogP contribution in [0, 0.1) is 45.3 Å². The van der Waals surface area contributed by atoms with Crippen molar-refractivity contribution in [3.8, 4) is 11.5 Å². The Bertz CT molecular complexity index is 2540. The molecule has 4 saturated carbocycles. The SMILES string of the molecule is C1CCOC1.C1CCOC1.CC1(C)[C@@H](OC(=O)c2cc(Br)cc(Br)c2)CC[C@@]2(C)[C@H]1CC[C@@]1(C)c3ccc4c5c(ccc4c3OC[C@@H]21)[C@]1(C)CC[C@H]2C(C)(C)[C@@H](OC(=O)c3cc(Br)cc(Br)c3)CC[C@]2(C)[C@@H]1CO5. The fraction of sp³-hybridized carbons (Fsp3) is 0.613. The number of halogens is 4. The molecule has 0 radical (unpaired) electrons. The summed E-state index contributed by atoms with van der Waals surface area (Å²) in [4.78, 5) is 27.0. The highest BCUT2D eigenvalue weighted by atomic mass is 79.9. The van der Waals surface area contributed by atoms with Crippen LogP contribution in [-0.2, 0) is 29.8 Å². The standard InChI is InChI=1S/C54H60Br4O6.2C4H8O/c1-49(2)39-13-17-51(5)37-11-9-36-35(45(37)61-27-41(51)53(39,7)19-15-43(49)63-47(59)29-21-31(55)25-32(56)22-29)10-12-38-46(36)62-28-42-52(38,6)18-14-40-50(3,4)44(16-20-54(40,42)8)64-48(60)30-23-33(57)26-34(58)24-30;2*1-2-4-5-3-1/h9-12,21-26,39-44H,13-20,27-28H2,1-8H3;2*1-4H2/t39-,40-,41+,42+,43-,44-,51-,52-,53-,54-;;/m0../s1. The topological polar surface area (TPSA) is 89.5 Å². The lowest BCUT2D eigenvalue weighted by molar-refractivity contribution is -0.167. The van der Waals surface area contributed by atoms with E-state index in [-0.39, 0.29) is 56.6 Å². The van der Waals surface area contributed by atoms with E-state index in [1.807, 2.05) is 36.4 Å². The first-order valence-electron chi connectivity index (χ1n) is 27.5. The van der Waals surface area contributed by atoms with E-state index in [4.69, 9.17) is 28.4 Å². The molecule has 0 N–H and O–H groups in total. The van der Waals surface area contributed by atoms with Gasteiger partial charge in [0.25, 0.3) is 0 Å². The minimum Gasteiger partial charge on any atom is -0.492 e. The van der Waals surface area contributed by atoms with E-state index >= 15 is 0 Å². The molecule has 4 aliphatic heterocycles. The minimum atomic E-state index is -0.263. The number of rotatable bonds is 4. The van der Waals surface area contributed by atoms with Crippen LogP contribution in [0.5, 0.6) is 11.5 Å². The molecule has 0 bridgehead atoms. The lowest BCUT2D eigenvalue weighted by Gasteiger charge is -2.65. The molecule has 8 nitrogen and oxygen atoms in total. The molecule has 4 aliphatic carbocycles. The Morgan fingerprint density at radius 2 is 0.824 bits per heavy atom. The van der Waals surface area contributed by atoms with Gasteiger partial charge in [-0.3, -0.25) is 0 Å². The second kappa shape index (κ2) is 21.0. The van der Waals surface area contributed by atoms with E-state index in [2.05, 4.69) is 143 Å². The first kappa shape index (κ1) is 54.9. The van der Waals surface area contributed by atoms with Crippen LogP contribution >= 0.6 is 63.7 Å². The van der Waals surface area contributed by atoms with Crippen molar-refractivity contribution < 1.29 is 38.0 Å². The third kappa shape index (κ3) is 9.69. The van der Waals surface area contributed by atoms with Gasteiger partial charge in [0.15, 0.2) is 0 Å². The molecule has 6 fully saturated rings. The van der Waals surface area contributed by atoms with Gasteiger partial charge in [-0.2, -0.15) is 0 Å². The minimum absolute atomic E-state index is 0.0223. The van der Waals surface area contributed by atoms with Crippen molar-refractivity contribution >= 4 is 86.4 Å². The molecular formula is C62H76Br4O8. The summed E-state index contributed by atoms with van der Waals surface area (Å²) in [6, 6.07) is 20.6. The van der Waals surface area contributed by atoms with Crippen LogP contribution in [0.2, 0.25) is 0 Å². The van der Waals surface area contributed by atoms with Crippen LogP contribution in [0.4, 0.5) is 0 Å². The molecule has 8 aliphatic rings. The Labute approximate surface area is 473 Å². The maximum absolute atomic E-state index is 13.5. The lowest BCUT2D eigenvalue weighted by atomic mass is 9.41. The van der Waals surface area contributed by atoms with Crippen LogP contribution in [0.1, 0.15) is 164 Å². The monoisotopic (exact) mass is 1260 g/mol. The number of benzene rings is 4. The first-order chi connectivity index (χ1) is 35.1. The van der Waals surface area contributed by atoms with Gasteiger partial charge in [-0.25, -0.2) is 9.59 Å². The van der Waals surface area contributed by atoms with Crippen molar-refractivity contribution in [2.45, 2.75) is 155 Å². The predicted molar refractivity (Wildman–Crippen MR) is 307 cm³/mol. The zero-order valence-corrected chi connectivity index (χ0v) is 51.1. The quantitative estimate of drug-likeness (QED) is 0.187. The lowest BCUT2D eigenvalue weighted by Crippen LogP contribution is -2.62. The zero-order chi connectivity index (χ0) is 52.6. The van der Waals surface area contributed by atoms with Gasteiger partial charge in [-0.1, -0.05) is 143 Å². The summed E-state index contributed by atoms with van der Waals surface area (Å²) >= 11 is 14.1. The summed E-state index contributed by atoms with van der Waals surface area (Å²) in [7, 11) is 0. The molecule has 2 saturated heterocycles. The number of esters is 2. The third-order valence-corrected chi connectivity index (χ3v) is 22.3. The molecule has 4 aromatic carbocycles. The fourth-order valence-electron chi connectivity index (χ4n) is 16.5. The van der Waals surface area contributed by atoms with Gasteiger partial charge in [0, 0.05) is 99.7 Å². The largest absolute Gasteiger partial charge is 0.492 e. The average molecular weight is 1270 g/mol. The Kier molecular flexibility index (Phi) is 15.5. The smallest absolute Gasteiger partial charge is 0.338 e. The number of carbonyl (C=O) groups is 2. The molecular weight excluding hydrogens is 1190 g/mol. The summed E-state index contributed by atoms with van der Waals surface area (Å²) in [5.74, 6) is 2.95. The molecule has 0 spiro atoms. The number of carbonyl (C=O) groups excluding carboxylic acids is 2. The molecule has 4 aromatic rings. The van der Waals surface area contributed by atoms with Crippen LogP contribution in [0.25, 0.3) is 10.8 Å². The number of ether oxygens (including phenoxy) is 6. The number of fused-ring (bicyclic) bond motifs is 13. The Balaban J connectivity index is 0.000000562. The maximum Gasteiger partial charge on any atom is 0.338 e. The molecule has 0 amide bonds. The summed E-state index contributed by atoms with van der Waals surface area (Å²) < 4.78 is 40.1. The molecule has 0 aromatic heterocycles. The second-order valence-corrected chi connectivity index (χ2v) is 28.9. The van der Waals surface area contributed by atoms with Gasteiger partial charge >= 0.3 is 11.9 Å². The van der Waals surface area contributed by atoms with E-state index in [0.29, 0.717) is 48.0 Å². The number of hydrogen-bond acceptors (Lipinski definition) is 8. The summed E-state index contributed by atoms with van der Waals surface area (Å²) in [5.41, 5.74) is 3.31. The van der Waals surface area contributed by atoms with E-state index in [1.165, 1.54) is 36.8 Å². The highest BCUT2D eigenvalue weighted by Gasteiger charge is 2.65. The maximum atomic E-state index is 13.5. The predicted octanol–water partition coefficient (Wildman–Crippen LogP) is 16.9. The molecule has 12 rings (SSSR count). The van der Waals surface area contributed by atoms with Crippen molar-refractivity contribution in [2.24, 2.45) is 45.3 Å². The Hall–Kier alpha value is -2.48. The molecule has 10 atom stereocenters. The highest BCUT2D eigenvalue weighted by Crippen LogP contribution is 2.69. The van der Waals surface area contributed by atoms with Crippen LogP contribution in [-0.4, -0.2) is 63.8 Å². The van der Waals surface area contributed by atoms with Gasteiger partial charge in [-0.05, 0) is 136 Å². The molecule has 12 heteroatoms. The van der Waals surface area contributed by atoms with Crippen LogP contribution < -0.4 is 9.47 Å². The first-order valence-corrected chi connectivity index (χ1v) is 30.6. The molecule has 400 valence electrons. The van der Waals surface area contributed by atoms with Gasteiger partial charge < -0.3 is 28.4 Å². The van der Waals surface area contributed by atoms with E-state index in [9.17, 15) is 9.59 Å². The second-order valence-electron chi connectivity index (χ2n) is 25.2. The Morgan fingerprint density at radius 1 is 0.473 bits per heavy atom. The summed E-state index contributed by atoms with van der Waals surface area (Å²) in [6.45, 7) is 24.6. The Morgan fingerprint density at radius 3 is 1.15 bits per heavy atom. The summed E-state index contributed by atoms with van der Waals surface area (Å²) in [6.07, 6.45) is 12.7. The molecule has 74 heavy (non-hydrogen) atoms. The van der Waals surface area contributed by atoms with Crippen molar-refractivity contribution in [1.82, 2.24) is 0 Å². The molecule has 0 unspecified atom stereocenters. The average Bonchev–Trinajstić information content (AvgIpc) is 4.18. The van der Waals surface area contributed by atoms with E-state index < -0.39 is 0 Å². The van der Waals surface area contributed by atoms with Gasteiger partial charge in [0.05, 0.1) is 24.3 Å². The number of hydrogen-bond donors (Lipinski definition) is 0. The van der Waals surface area contributed by atoms with Gasteiger partial charge in [-0.15, -0.1) is 0 Å². The van der Waals surface area contributed by atoms with Gasteiger partial charge in [0.2, 0.25) is 0 Å². The third-order valence-electron chi connectivity index (χ3n) is 20.4.